The van der Waals surface area contributed by atoms with E-state index in [1.807, 2.05) is 67.3 Å². The fraction of sp³-hybridized carbons (Fsp3) is 0.857. The maximum Gasteiger partial charge on any atom is 0.234 e. The molecule has 0 aromatic heterocycles. The Morgan fingerprint density at radius 3 is 1.24 bits per heavy atom. The fourth-order valence-corrected chi connectivity index (χ4v) is 3.16. The van der Waals surface area contributed by atoms with E-state index in [4.69, 9.17) is 14.2 Å². The molecule has 9 nitrogen and oxygen atoms in total. The summed E-state index contributed by atoms with van der Waals surface area (Å²) in [6.45, 7) is 16.0. The average molecular weight is 529 g/mol. The molecular formula is C28H52N2O7. The molecule has 0 saturated heterocycles. The lowest BCUT2D eigenvalue weighted by molar-refractivity contribution is -0.131. The van der Waals surface area contributed by atoms with Crippen LogP contribution in [0.3, 0.4) is 0 Å². The fourth-order valence-electron chi connectivity index (χ4n) is 3.16. The molecule has 0 aromatic rings. The van der Waals surface area contributed by atoms with Gasteiger partial charge in [0.05, 0.1) is 46.2 Å². The zero-order valence-corrected chi connectivity index (χ0v) is 24.7. The Labute approximate surface area is 224 Å². The normalized spacial score (nSPS) is 12.3. The lowest BCUT2D eigenvalue weighted by Crippen LogP contribution is -2.60. The van der Waals surface area contributed by atoms with Gasteiger partial charge in [0, 0.05) is 43.1 Å². The first-order chi connectivity index (χ1) is 17.2. The van der Waals surface area contributed by atoms with E-state index in [-0.39, 0.29) is 113 Å². The number of ketones is 3. The van der Waals surface area contributed by atoms with Gasteiger partial charge < -0.3 is 19.5 Å². The summed E-state index contributed by atoms with van der Waals surface area (Å²) in [7, 11) is 1.86. The number of nitrogens with zero attached hydrogens (tertiary/aromatic N) is 1. The molecule has 0 fully saturated rings. The molecule has 1 amide bonds. The Morgan fingerprint density at radius 1 is 0.649 bits per heavy atom. The van der Waals surface area contributed by atoms with Gasteiger partial charge in [0.1, 0.15) is 22.9 Å². The van der Waals surface area contributed by atoms with Gasteiger partial charge in [0.2, 0.25) is 5.91 Å². The molecule has 0 heterocycles. The van der Waals surface area contributed by atoms with Crippen LogP contribution in [0.5, 0.6) is 0 Å². The molecule has 9 heteroatoms. The van der Waals surface area contributed by atoms with Gasteiger partial charge in [-0.15, -0.1) is 0 Å². The van der Waals surface area contributed by atoms with Crippen molar-refractivity contribution in [3.8, 4) is 0 Å². The Bertz CT molecular complexity index is 635. The third kappa shape index (κ3) is 16.0. The monoisotopic (exact) mass is 528 g/mol. The van der Waals surface area contributed by atoms with E-state index in [9.17, 15) is 19.2 Å². The molecule has 1 N–H and O–H groups in total. The summed E-state index contributed by atoms with van der Waals surface area (Å²) in [6, 6.07) is 0.176. The first-order valence-electron chi connectivity index (χ1n) is 13.5. The SMILES string of the molecule is CC(C)C(=O)CCOCC(COCCC(=O)C(C)C)(COCCC(=O)C(C)C)NC(=O)CN(C)C(C)C. The topological polar surface area (TPSA) is 111 Å². The highest BCUT2D eigenvalue weighted by molar-refractivity contribution is 5.81. The van der Waals surface area contributed by atoms with Crippen molar-refractivity contribution in [2.45, 2.75) is 86.2 Å². The molecule has 0 aliphatic heterocycles. The summed E-state index contributed by atoms with van der Waals surface area (Å²) >= 11 is 0. The number of likely N-dealkylation sites (N-methyl/N-ethyl adjacent to an activating group) is 1. The largest absolute Gasteiger partial charge is 0.378 e. The Hall–Kier alpha value is -1.68. The van der Waals surface area contributed by atoms with Crippen LogP contribution in [0, 0.1) is 17.8 Å². The molecule has 0 spiro atoms. The third-order valence-corrected chi connectivity index (χ3v) is 6.22. The Kier molecular flexibility index (Phi) is 17.7. The van der Waals surface area contributed by atoms with E-state index >= 15 is 0 Å². The summed E-state index contributed by atoms with van der Waals surface area (Å²) in [6.07, 6.45) is 0.807. The minimum absolute atomic E-state index is 0.0613. The number of Topliss-reactive ketones (excluding diaryl/α,β-unsaturated/α-hetero) is 3. The van der Waals surface area contributed by atoms with Crippen molar-refractivity contribution in [3.63, 3.8) is 0 Å². The molecule has 0 aromatic carbocycles. The summed E-state index contributed by atoms with van der Waals surface area (Å²) < 4.78 is 17.6. The van der Waals surface area contributed by atoms with Crippen LogP contribution in [0.1, 0.15) is 74.7 Å². The zero-order valence-electron chi connectivity index (χ0n) is 24.7. The molecule has 0 radical (unpaired) electrons. The van der Waals surface area contributed by atoms with Crippen molar-refractivity contribution in [1.29, 1.82) is 0 Å². The minimum Gasteiger partial charge on any atom is -0.378 e. The number of nitrogens with one attached hydrogen (secondary N) is 1. The number of amides is 1. The molecule has 0 saturated carbocycles. The predicted molar refractivity (Wildman–Crippen MR) is 144 cm³/mol. The first kappa shape index (κ1) is 35.3. The Morgan fingerprint density at radius 2 is 0.973 bits per heavy atom. The van der Waals surface area contributed by atoms with Gasteiger partial charge in [-0.25, -0.2) is 0 Å². The summed E-state index contributed by atoms with van der Waals surface area (Å²) in [4.78, 5) is 51.0. The molecule has 37 heavy (non-hydrogen) atoms. The number of hydrogen-bond donors (Lipinski definition) is 1. The number of ether oxygens (including phenoxy) is 3. The van der Waals surface area contributed by atoms with Crippen LogP contribution in [0.2, 0.25) is 0 Å². The lowest BCUT2D eigenvalue weighted by atomic mass is 10.0. The molecule has 0 rings (SSSR count). The quantitative estimate of drug-likeness (QED) is 0.214. The predicted octanol–water partition coefficient (Wildman–Crippen LogP) is 3.08. The smallest absolute Gasteiger partial charge is 0.234 e. The minimum atomic E-state index is -1.04. The molecule has 0 unspecified atom stereocenters. The summed E-state index contributed by atoms with van der Waals surface area (Å²) in [5.74, 6) is -0.170. The van der Waals surface area contributed by atoms with Crippen molar-refractivity contribution < 1.29 is 33.4 Å². The number of carbonyl (C=O) groups is 4. The highest BCUT2D eigenvalue weighted by atomic mass is 16.5. The molecule has 0 bridgehead atoms. The van der Waals surface area contributed by atoms with Gasteiger partial charge in [-0.3, -0.25) is 24.1 Å². The van der Waals surface area contributed by atoms with Crippen LogP contribution < -0.4 is 5.32 Å². The van der Waals surface area contributed by atoms with E-state index in [1.54, 1.807) is 0 Å². The van der Waals surface area contributed by atoms with E-state index in [0.29, 0.717) is 0 Å². The molecule has 0 aliphatic carbocycles. The van der Waals surface area contributed by atoms with Gasteiger partial charge in [-0.05, 0) is 20.9 Å². The van der Waals surface area contributed by atoms with Crippen molar-refractivity contribution in [2.24, 2.45) is 17.8 Å². The van der Waals surface area contributed by atoms with Gasteiger partial charge in [0.25, 0.3) is 0 Å². The number of carbonyl (C=O) groups excluding carboxylic acids is 4. The third-order valence-electron chi connectivity index (χ3n) is 6.22. The van der Waals surface area contributed by atoms with Gasteiger partial charge in [0.15, 0.2) is 0 Å². The maximum atomic E-state index is 13.0. The van der Waals surface area contributed by atoms with Crippen molar-refractivity contribution >= 4 is 23.3 Å². The van der Waals surface area contributed by atoms with Crippen LogP contribution in [-0.4, -0.2) is 93.0 Å². The van der Waals surface area contributed by atoms with Gasteiger partial charge >= 0.3 is 0 Å². The number of hydrogen-bond acceptors (Lipinski definition) is 8. The second-order valence-electron chi connectivity index (χ2n) is 11.1. The summed E-state index contributed by atoms with van der Waals surface area (Å²) in [5, 5.41) is 3.04. The molecular weight excluding hydrogens is 476 g/mol. The van der Waals surface area contributed by atoms with E-state index < -0.39 is 5.54 Å². The van der Waals surface area contributed by atoms with E-state index in [2.05, 4.69) is 5.32 Å². The maximum absolute atomic E-state index is 13.0. The van der Waals surface area contributed by atoms with E-state index in [0.717, 1.165) is 0 Å². The molecule has 216 valence electrons. The van der Waals surface area contributed by atoms with Crippen molar-refractivity contribution in [2.75, 3.05) is 53.2 Å². The average Bonchev–Trinajstić information content (AvgIpc) is 2.81. The van der Waals surface area contributed by atoms with Crippen LogP contribution in [0.25, 0.3) is 0 Å². The highest BCUT2D eigenvalue weighted by Gasteiger charge is 2.34. The van der Waals surface area contributed by atoms with Gasteiger partial charge in [-0.2, -0.15) is 0 Å². The second kappa shape index (κ2) is 18.6. The van der Waals surface area contributed by atoms with E-state index in [1.165, 1.54) is 0 Å². The van der Waals surface area contributed by atoms with Gasteiger partial charge in [-0.1, -0.05) is 41.5 Å². The first-order valence-corrected chi connectivity index (χ1v) is 13.5. The van der Waals surface area contributed by atoms with Crippen molar-refractivity contribution in [1.82, 2.24) is 10.2 Å². The highest BCUT2D eigenvalue weighted by Crippen LogP contribution is 2.12. The number of rotatable bonds is 22. The standard InChI is InChI=1S/C28H52N2O7/c1-20(2)24(31)10-13-35-17-28(18-36-14-11-25(32)21(3)4,19-37-15-12-26(33)22(5)6)29-27(34)16-30(9)23(7)8/h20-23H,10-19H2,1-9H3,(H,29,34). The summed E-state index contributed by atoms with van der Waals surface area (Å²) in [5.41, 5.74) is -1.04. The van der Waals surface area contributed by atoms with Crippen LogP contribution >= 0.6 is 0 Å². The second-order valence-corrected chi connectivity index (χ2v) is 11.1. The molecule has 0 atom stereocenters. The van der Waals surface area contributed by atoms with Crippen molar-refractivity contribution in [3.05, 3.63) is 0 Å². The molecule has 0 aliphatic rings. The van der Waals surface area contributed by atoms with Crippen LogP contribution in [-0.2, 0) is 33.4 Å². The van der Waals surface area contributed by atoms with Crippen LogP contribution in [0.15, 0.2) is 0 Å². The van der Waals surface area contributed by atoms with Crippen LogP contribution in [0.4, 0.5) is 0 Å². The Balaban J connectivity index is 5.52. The lowest BCUT2D eigenvalue weighted by Gasteiger charge is -2.35. The zero-order chi connectivity index (χ0) is 28.6.